The number of pyridine rings is 1. The maximum absolute atomic E-state index is 12.9. The largest absolute Gasteiger partial charge is 0.506 e. The van der Waals surface area contributed by atoms with Gasteiger partial charge in [0.05, 0.1) is 32.0 Å². The van der Waals surface area contributed by atoms with Gasteiger partial charge in [-0.05, 0) is 19.1 Å². The normalized spacial score (nSPS) is 12.6. The highest BCUT2D eigenvalue weighted by Gasteiger charge is 2.31. The van der Waals surface area contributed by atoms with Crippen molar-refractivity contribution in [2.75, 3.05) is 0 Å². The maximum Gasteiger partial charge on any atom is 0.417 e. The van der Waals surface area contributed by atoms with Crippen LogP contribution in [0.3, 0.4) is 0 Å². The minimum absolute atomic E-state index is 0.101. The van der Waals surface area contributed by atoms with E-state index >= 15 is 0 Å². The molecule has 2 heterocycles. The number of aromatic hydroxyl groups is 1. The predicted molar refractivity (Wildman–Crippen MR) is 100 cm³/mol. The van der Waals surface area contributed by atoms with Gasteiger partial charge in [-0.15, -0.1) is 0 Å². The molecular weight excluding hydrogens is 442 g/mol. The summed E-state index contributed by atoms with van der Waals surface area (Å²) in [6.07, 6.45) is -2.26. The molecule has 148 valence electrons. The average molecular weight is 453 g/mol. The molecule has 0 aliphatic carbocycles. The van der Waals surface area contributed by atoms with Crippen molar-refractivity contribution in [3.8, 4) is 5.75 Å². The van der Waals surface area contributed by atoms with Gasteiger partial charge in [-0.2, -0.15) is 13.2 Å². The van der Waals surface area contributed by atoms with Gasteiger partial charge in [0.15, 0.2) is 12.3 Å². The topological polar surface area (TPSA) is 59.1 Å². The lowest BCUT2D eigenvalue weighted by Gasteiger charge is -2.07. The Morgan fingerprint density at radius 2 is 1.86 bits per heavy atom. The van der Waals surface area contributed by atoms with Crippen LogP contribution in [0.1, 0.15) is 23.7 Å². The number of hydrogen-bond donors (Lipinski definition) is 1. The number of hydrogen-bond acceptors (Lipinski definition) is 4. The quantitative estimate of drug-likeness (QED) is 0.392. The van der Waals surface area contributed by atoms with Crippen molar-refractivity contribution in [1.82, 2.24) is 9.38 Å². The monoisotopic (exact) mass is 451 g/mol. The average Bonchev–Trinajstić information content (AvgIpc) is 3.00. The third kappa shape index (κ3) is 4.29. The fourth-order valence-electron chi connectivity index (χ4n) is 2.39. The Labute approximate surface area is 171 Å². The standard InChI is InChI=1S/C17H11Cl3F3N3O2/c1-8(11-3-13(19)15(27)4-12(11)18)25-28-7-10-6-26-5-9(17(21,22)23)2-14(20)16(26)24-10/h2-6,27H,7H2,1H3/b25-8+. The van der Waals surface area contributed by atoms with Gasteiger partial charge < -0.3 is 14.3 Å². The molecule has 0 amide bonds. The molecule has 2 aromatic heterocycles. The Bertz CT molecular complexity index is 1080. The van der Waals surface area contributed by atoms with Crippen molar-refractivity contribution >= 4 is 46.2 Å². The second kappa shape index (κ2) is 7.69. The SMILES string of the molecule is C/C(=N\OCc1cn2cc(C(F)(F)F)cc(Cl)c2n1)c1cc(Cl)c(O)cc1Cl. The van der Waals surface area contributed by atoms with Crippen LogP contribution < -0.4 is 0 Å². The summed E-state index contributed by atoms with van der Waals surface area (Å²) in [5.74, 6) is -0.163. The van der Waals surface area contributed by atoms with E-state index in [0.29, 0.717) is 17.0 Å². The van der Waals surface area contributed by atoms with Crippen LogP contribution in [0.25, 0.3) is 5.65 Å². The van der Waals surface area contributed by atoms with Crippen molar-refractivity contribution in [2.24, 2.45) is 5.16 Å². The summed E-state index contributed by atoms with van der Waals surface area (Å²) in [4.78, 5) is 9.35. The fraction of sp³-hybridized carbons (Fsp3) is 0.176. The molecule has 0 atom stereocenters. The molecule has 0 aliphatic heterocycles. The molecule has 11 heteroatoms. The summed E-state index contributed by atoms with van der Waals surface area (Å²) in [7, 11) is 0. The third-order valence-electron chi connectivity index (χ3n) is 3.72. The van der Waals surface area contributed by atoms with Crippen molar-refractivity contribution in [3.63, 3.8) is 0 Å². The Hall–Kier alpha value is -2.16. The number of fused-ring (bicyclic) bond motifs is 1. The first-order valence-corrected chi connectivity index (χ1v) is 8.79. The summed E-state index contributed by atoms with van der Waals surface area (Å²) in [5.41, 5.74) is 0.447. The van der Waals surface area contributed by atoms with Gasteiger partial charge in [0.25, 0.3) is 0 Å². The van der Waals surface area contributed by atoms with Gasteiger partial charge in [0.2, 0.25) is 0 Å². The number of rotatable bonds is 4. The molecule has 0 unspecified atom stereocenters. The van der Waals surface area contributed by atoms with Gasteiger partial charge in [-0.25, -0.2) is 4.98 Å². The number of halogens is 6. The highest BCUT2D eigenvalue weighted by atomic mass is 35.5. The number of aromatic nitrogens is 2. The number of imidazole rings is 1. The number of phenols is 1. The highest BCUT2D eigenvalue weighted by Crippen LogP contribution is 2.32. The van der Waals surface area contributed by atoms with Gasteiger partial charge >= 0.3 is 6.18 Å². The van der Waals surface area contributed by atoms with E-state index in [4.69, 9.17) is 39.6 Å². The first-order valence-electron chi connectivity index (χ1n) is 7.65. The van der Waals surface area contributed by atoms with E-state index in [9.17, 15) is 18.3 Å². The minimum atomic E-state index is -4.52. The molecule has 0 saturated carbocycles. The van der Waals surface area contributed by atoms with Crippen LogP contribution in [0.2, 0.25) is 15.1 Å². The van der Waals surface area contributed by atoms with Gasteiger partial charge in [-0.3, -0.25) is 0 Å². The molecule has 1 aromatic carbocycles. The van der Waals surface area contributed by atoms with E-state index in [1.165, 1.54) is 22.7 Å². The lowest BCUT2D eigenvalue weighted by Crippen LogP contribution is -2.06. The summed E-state index contributed by atoms with van der Waals surface area (Å²) < 4.78 is 39.8. The van der Waals surface area contributed by atoms with Gasteiger partial charge in [0, 0.05) is 24.0 Å². The second-order valence-electron chi connectivity index (χ2n) is 5.77. The van der Waals surface area contributed by atoms with E-state index in [1.807, 2.05) is 0 Å². The van der Waals surface area contributed by atoms with E-state index in [1.54, 1.807) is 6.92 Å². The van der Waals surface area contributed by atoms with Gasteiger partial charge in [-0.1, -0.05) is 40.0 Å². The van der Waals surface area contributed by atoms with E-state index in [0.717, 1.165) is 12.3 Å². The van der Waals surface area contributed by atoms with Crippen LogP contribution in [-0.4, -0.2) is 20.2 Å². The molecule has 0 spiro atoms. The zero-order valence-corrected chi connectivity index (χ0v) is 16.3. The Kier molecular flexibility index (Phi) is 5.65. The van der Waals surface area contributed by atoms with Crippen LogP contribution in [0.5, 0.6) is 5.75 Å². The van der Waals surface area contributed by atoms with Crippen LogP contribution in [0.4, 0.5) is 13.2 Å². The Morgan fingerprint density at radius 1 is 1.14 bits per heavy atom. The number of benzene rings is 1. The summed E-state index contributed by atoms with van der Waals surface area (Å²) in [6.45, 7) is 1.50. The van der Waals surface area contributed by atoms with Crippen LogP contribution >= 0.6 is 34.8 Å². The summed E-state index contributed by atoms with van der Waals surface area (Å²) in [5, 5.41) is 13.6. The van der Waals surface area contributed by atoms with Crippen molar-refractivity contribution < 1.29 is 23.1 Å². The number of nitrogens with zero attached hydrogens (tertiary/aromatic N) is 3. The molecule has 0 radical (unpaired) electrons. The molecule has 28 heavy (non-hydrogen) atoms. The lowest BCUT2D eigenvalue weighted by molar-refractivity contribution is -0.137. The fourth-order valence-corrected chi connectivity index (χ4v) is 3.11. The van der Waals surface area contributed by atoms with Crippen LogP contribution in [0.15, 0.2) is 35.7 Å². The van der Waals surface area contributed by atoms with E-state index < -0.39 is 11.7 Å². The molecule has 5 nitrogen and oxygen atoms in total. The maximum atomic E-state index is 12.9. The molecular formula is C17H11Cl3F3N3O2. The Balaban J connectivity index is 1.79. The number of alkyl halides is 3. The van der Waals surface area contributed by atoms with E-state index in [2.05, 4.69) is 10.1 Å². The third-order valence-corrected chi connectivity index (χ3v) is 4.62. The summed E-state index contributed by atoms with van der Waals surface area (Å²) >= 11 is 17.8. The second-order valence-corrected chi connectivity index (χ2v) is 6.99. The first-order chi connectivity index (χ1) is 13.1. The molecule has 0 fully saturated rings. The number of phenolic OH excluding ortho intramolecular Hbond substituents is 1. The Morgan fingerprint density at radius 3 is 2.54 bits per heavy atom. The first kappa shape index (κ1) is 20.6. The zero-order valence-electron chi connectivity index (χ0n) is 14.1. The minimum Gasteiger partial charge on any atom is -0.506 e. The van der Waals surface area contributed by atoms with Crippen molar-refractivity contribution in [2.45, 2.75) is 19.7 Å². The lowest BCUT2D eigenvalue weighted by atomic mass is 10.1. The van der Waals surface area contributed by atoms with E-state index in [-0.39, 0.29) is 33.1 Å². The molecule has 0 bridgehead atoms. The molecule has 0 saturated heterocycles. The molecule has 3 rings (SSSR count). The van der Waals surface area contributed by atoms with Crippen molar-refractivity contribution in [1.29, 1.82) is 0 Å². The zero-order chi connectivity index (χ0) is 20.6. The predicted octanol–water partition coefficient (Wildman–Crippen LogP) is 5.96. The van der Waals surface area contributed by atoms with Gasteiger partial charge in [0.1, 0.15) is 5.75 Å². The van der Waals surface area contributed by atoms with Crippen LogP contribution in [0, 0.1) is 0 Å². The molecule has 1 N–H and O–H groups in total. The van der Waals surface area contributed by atoms with Crippen LogP contribution in [-0.2, 0) is 17.6 Å². The number of oxime groups is 1. The summed E-state index contributed by atoms with van der Waals surface area (Å²) in [6, 6.07) is 3.53. The highest BCUT2D eigenvalue weighted by molar-refractivity contribution is 6.37. The molecule has 3 aromatic rings. The van der Waals surface area contributed by atoms with Crippen molar-refractivity contribution in [3.05, 3.63) is 62.5 Å². The smallest absolute Gasteiger partial charge is 0.417 e. The molecule has 0 aliphatic rings.